The molecule has 120 valence electrons. The van der Waals surface area contributed by atoms with Crippen LogP contribution in [-0.4, -0.2) is 12.4 Å². The van der Waals surface area contributed by atoms with Crippen LogP contribution < -0.4 is 0 Å². The number of rotatable bonds is 5. The van der Waals surface area contributed by atoms with E-state index in [0.717, 1.165) is 31.0 Å². The molecule has 0 amide bonds. The minimum absolute atomic E-state index is 0.278. The smallest absolute Gasteiger partial charge is 0.159 e. The number of hydrogen-bond donors (Lipinski definition) is 0. The van der Waals surface area contributed by atoms with Crippen LogP contribution in [0.25, 0.3) is 0 Å². The Hall–Kier alpha value is -2.50. The largest absolute Gasteiger partial charge is 0.206 e. The lowest BCUT2D eigenvalue weighted by Crippen LogP contribution is -1.97. The van der Waals surface area contributed by atoms with Crippen LogP contribution in [0.4, 0.5) is 17.6 Å². The molecule has 0 fully saturated rings. The van der Waals surface area contributed by atoms with Crippen LogP contribution in [0.3, 0.4) is 0 Å². The molecule has 0 radical (unpaired) electrons. The summed E-state index contributed by atoms with van der Waals surface area (Å²) in [5.74, 6) is -3.43. The first-order valence-electron chi connectivity index (χ1n) is 7.00. The third-order valence-corrected chi connectivity index (χ3v) is 3.08. The SMILES string of the molecule is CCCc1cc(F)c(/C=N/N=C/c2ccc(F)c(F)c2)c(F)c1. The van der Waals surface area contributed by atoms with Crippen molar-refractivity contribution in [2.24, 2.45) is 10.2 Å². The van der Waals surface area contributed by atoms with Crippen LogP contribution in [0, 0.1) is 23.3 Å². The second kappa shape index (κ2) is 7.67. The third kappa shape index (κ3) is 4.48. The van der Waals surface area contributed by atoms with Crippen molar-refractivity contribution in [1.82, 2.24) is 0 Å². The summed E-state index contributed by atoms with van der Waals surface area (Å²) in [5.41, 5.74) is 0.553. The van der Waals surface area contributed by atoms with E-state index in [9.17, 15) is 17.6 Å². The predicted octanol–water partition coefficient (Wildman–Crippen LogP) is 4.65. The first kappa shape index (κ1) is 16.9. The maximum atomic E-state index is 13.8. The molecule has 0 unspecified atom stereocenters. The lowest BCUT2D eigenvalue weighted by Gasteiger charge is -2.03. The average molecular weight is 322 g/mol. The molecule has 23 heavy (non-hydrogen) atoms. The van der Waals surface area contributed by atoms with Crippen molar-refractivity contribution >= 4 is 12.4 Å². The van der Waals surface area contributed by atoms with Gasteiger partial charge in [-0.25, -0.2) is 17.6 Å². The molecule has 6 heteroatoms. The number of benzene rings is 2. The molecular formula is C17H14F4N2. The maximum Gasteiger partial charge on any atom is 0.159 e. The molecule has 0 aliphatic heterocycles. The summed E-state index contributed by atoms with van der Waals surface area (Å²) >= 11 is 0. The Labute approximate surface area is 131 Å². The minimum atomic E-state index is -1.01. The Balaban J connectivity index is 2.13. The van der Waals surface area contributed by atoms with E-state index in [1.54, 1.807) is 0 Å². The fourth-order valence-corrected chi connectivity index (χ4v) is 1.98. The van der Waals surface area contributed by atoms with Gasteiger partial charge in [0.2, 0.25) is 0 Å². The monoisotopic (exact) mass is 322 g/mol. The van der Waals surface area contributed by atoms with Crippen molar-refractivity contribution in [1.29, 1.82) is 0 Å². The van der Waals surface area contributed by atoms with Crippen LogP contribution in [0.1, 0.15) is 30.0 Å². The summed E-state index contributed by atoms with van der Waals surface area (Å²) in [6.45, 7) is 1.91. The highest BCUT2D eigenvalue weighted by Gasteiger charge is 2.09. The molecule has 0 atom stereocenters. The van der Waals surface area contributed by atoms with E-state index < -0.39 is 23.3 Å². The van der Waals surface area contributed by atoms with Crippen molar-refractivity contribution in [3.8, 4) is 0 Å². The van der Waals surface area contributed by atoms with Crippen LogP contribution in [0.2, 0.25) is 0 Å². The van der Waals surface area contributed by atoms with Gasteiger partial charge in [0.1, 0.15) is 11.6 Å². The van der Waals surface area contributed by atoms with Gasteiger partial charge >= 0.3 is 0 Å². The zero-order chi connectivity index (χ0) is 16.8. The summed E-state index contributed by atoms with van der Waals surface area (Å²) in [5, 5.41) is 7.11. The Bertz CT molecular complexity index is 731. The van der Waals surface area contributed by atoms with Crippen LogP contribution in [0.15, 0.2) is 40.5 Å². The number of nitrogens with zero attached hydrogens (tertiary/aromatic N) is 2. The second-order valence-corrected chi connectivity index (χ2v) is 4.89. The van der Waals surface area contributed by atoms with Crippen molar-refractivity contribution in [3.05, 3.63) is 70.3 Å². The van der Waals surface area contributed by atoms with E-state index in [1.165, 1.54) is 18.2 Å². The molecule has 0 heterocycles. The number of aryl methyl sites for hydroxylation is 1. The van der Waals surface area contributed by atoms with Gasteiger partial charge in [0.15, 0.2) is 11.6 Å². The molecular weight excluding hydrogens is 308 g/mol. The van der Waals surface area contributed by atoms with Gasteiger partial charge in [-0.05, 0) is 41.8 Å². The molecule has 0 N–H and O–H groups in total. The minimum Gasteiger partial charge on any atom is -0.206 e. The maximum absolute atomic E-state index is 13.8. The molecule has 2 aromatic carbocycles. The van der Waals surface area contributed by atoms with E-state index >= 15 is 0 Å². The predicted molar refractivity (Wildman–Crippen MR) is 81.9 cm³/mol. The molecule has 0 aromatic heterocycles. The third-order valence-electron chi connectivity index (χ3n) is 3.08. The van der Waals surface area contributed by atoms with Gasteiger partial charge in [-0.2, -0.15) is 10.2 Å². The fourth-order valence-electron chi connectivity index (χ4n) is 1.98. The summed E-state index contributed by atoms with van der Waals surface area (Å²) in [4.78, 5) is 0. The van der Waals surface area contributed by atoms with Gasteiger partial charge in [-0.1, -0.05) is 19.4 Å². The zero-order valence-corrected chi connectivity index (χ0v) is 12.4. The molecule has 0 bridgehead atoms. The molecule has 2 nitrogen and oxygen atoms in total. The first-order valence-corrected chi connectivity index (χ1v) is 7.00. The Morgan fingerprint density at radius 2 is 1.48 bits per heavy atom. The van der Waals surface area contributed by atoms with E-state index in [2.05, 4.69) is 10.2 Å². The molecule has 0 saturated heterocycles. The molecule has 0 aliphatic rings. The summed E-state index contributed by atoms with van der Waals surface area (Å²) in [7, 11) is 0. The van der Waals surface area contributed by atoms with Crippen LogP contribution >= 0.6 is 0 Å². The summed E-state index contributed by atoms with van der Waals surface area (Å²) in [6, 6.07) is 5.71. The Kier molecular flexibility index (Phi) is 5.62. The summed E-state index contributed by atoms with van der Waals surface area (Å²) < 4.78 is 53.4. The highest BCUT2D eigenvalue weighted by molar-refractivity contribution is 5.83. The molecule has 2 rings (SSSR count). The van der Waals surface area contributed by atoms with Gasteiger partial charge < -0.3 is 0 Å². The second-order valence-electron chi connectivity index (χ2n) is 4.89. The molecule has 0 spiro atoms. The standard InChI is InChI=1S/C17H14F4N2/c1-2-3-11-6-15(19)13(16(20)7-11)10-23-22-9-12-4-5-14(18)17(21)8-12/h4-10H,2-3H2,1H3/b22-9+,23-10+. The fraction of sp³-hybridized carbons (Fsp3) is 0.176. The molecule has 2 aromatic rings. The highest BCUT2D eigenvalue weighted by Crippen LogP contribution is 2.15. The lowest BCUT2D eigenvalue weighted by molar-refractivity contribution is 0.508. The van der Waals surface area contributed by atoms with E-state index in [0.29, 0.717) is 12.0 Å². The first-order chi connectivity index (χ1) is 11.0. The lowest BCUT2D eigenvalue weighted by atomic mass is 10.1. The van der Waals surface area contributed by atoms with E-state index in [4.69, 9.17) is 0 Å². The van der Waals surface area contributed by atoms with Crippen molar-refractivity contribution < 1.29 is 17.6 Å². The highest BCUT2D eigenvalue weighted by atomic mass is 19.2. The summed E-state index contributed by atoms with van der Waals surface area (Å²) in [6.07, 6.45) is 3.46. The Morgan fingerprint density at radius 3 is 2.09 bits per heavy atom. The van der Waals surface area contributed by atoms with Gasteiger partial charge in [0, 0.05) is 0 Å². The topological polar surface area (TPSA) is 24.7 Å². The van der Waals surface area contributed by atoms with Gasteiger partial charge in [0.05, 0.1) is 18.0 Å². The number of halogens is 4. The van der Waals surface area contributed by atoms with Crippen LogP contribution in [0.5, 0.6) is 0 Å². The zero-order valence-electron chi connectivity index (χ0n) is 12.4. The van der Waals surface area contributed by atoms with Crippen LogP contribution in [-0.2, 0) is 6.42 Å². The van der Waals surface area contributed by atoms with Gasteiger partial charge in [-0.3, -0.25) is 0 Å². The normalized spacial score (nSPS) is 11.7. The van der Waals surface area contributed by atoms with Crippen molar-refractivity contribution in [2.75, 3.05) is 0 Å². The van der Waals surface area contributed by atoms with Gasteiger partial charge in [-0.15, -0.1) is 0 Å². The molecule has 0 aliphatic carbocycles. The molecule has 0 saturated carbocycles. The number of hydrogen-bond acceptors (Lipinski definition) is 2. The van der Waals surface area contributed by atoms with E-state index in [-0.39, 0.29) is 11.1 Å². The quantitative estimate of drug-likeness (QED) is 0.435. The van der Waals surface area contributed by atoms with Crippen molar-refractivity contribution in [3.63, 3.8) is 0 Å². The average Bonchev–Trinajstić information content (AvgIpc) is 2.49. The van der Waals surface area contributed by atoms with Gasteiger partial charge in [0.25, 0.3) is 0 Å². The van der Waals surface area contributed by atoms with Crippen molar-refractivity contribution in [2.45, 2.75) is 19.8 Å². The van der Waals surface area contributed by atoms with E-state index in [1.807, 2.05) is 6.92 Å². The Morgan fingerprint density at radius 1 is 0.826 bits per heavy atom.